The first-order valence-corrected chi connectivity index (χ1v) is 5.82. The van der Waals surface area contributed by atoms with E-state index < -0.39 is 0 Å². The van der Waals surface area contributed by atoms with Crippen molar-refractivity contribution in [2.75, 3.05) is 18.0 Å². The number of piperidine rings is 1. The number of aldehydes is 1. The summed E-state index contributed by atoms with van der Waals surface area (Å²) in [5.41, 5.74) is 1.85. The maximum absolute atomic E-state index is 10.4. The van der Waals surface area contributed by atoms with Crippen LogP contribution in [0.5, 0.6) is 0 Å². The van der Waals surface area contributed by atoms with Crippen molar-refractivity contribution >= 4 is 12.2 Å². The summed E-state index contributed by atoms with van der Waals surface area (Å²) in [4.78, 5) is 21.5. The maximum atomic E-state index is 10.4. The van der Waals surface area contributed by atoms with E-state index in [2.05, 4.69) is 14.9 Å². The van der Waals surface area contributed by atoms with E-state index >= 15 is 0 Å². The van der Waals surface area contributed by atoms with Gasteiger partial charge in [-0.2, -0.15) is 0 Å². The number of hydrogen-bond donors (Lipinski definition) is 0. The topological polar surface area (TPSA) is 46.1 Å². The molecule has 0 amide bonds. The van der Waals surface area contributed by atoms with Gasteiger partial charge < -0.3 is 9.69 Å². The summed E-state index contributed by atoms with van der Waals surface area (Å²) < 4.78 is 0. The monoisotopic (exact) mass is 219 g/mol. The zero-order valence-corrected chi connectivity index (χ0v) is 9.65. The second-order valence-electron chi connectivity index (χ2n) is 4.20. The molecular formula is C12H17N3O. The molecule has 1 saturated heterocycles. The third kappa shape index (κ3) is 2.38. The Labute approximate surface area is 95.7 Å². The first kappa shape index (κ1) is 11.0. The van der Waals surface area contributed by atoms with Gasteiger partial charge in [-0.15, -0.1) is 0 Å². The van der Waals surface area contributed by atoms with Crippen LogP contribution in [0.3, 0.4) is 0 Å². The molecule has 0 atom stereocenters. The van der Waals surface area contributed by atoms with Crippen molar-refractivity contribution in [1.29, 1.82) is 0 Å². The van der Waals surface area contributed by atoms with E-state index in [-0.39, 0.29) is 0 Å². The molecule has 1 fully saturated rings. The van der Waals surface area contributed by atoms with Crippen LogP contribution in [0.15, 0.2) is 6.20 Å². The Kier molecular flexibility index (Phi) is 3.49. The minimum absolute atomic E-state index is 0.409. The Morgan fingerprint density at radius 3 is 2.75 bits per heavy atom. The van der Waals surface area contributed by atoms with Gasteiger partial charge in [0.05, 0.1) is 0 Å². The number of hydrogen-bond acceptors (Lipinski definition) is 4. The van der Waals surface area contributed by atoms with Gasteiger partial charge in [0, 0.05) is 31.4 Å². The normalized spacial score (nSPS) is 16.2. The predicted octanol–water partition coefficient (Wildman–Crippen LogP) is 1.52. The van der Waals surface area contributed by atoms with Crippen molar-refractivity contribution in [2.24, 2.45) is 0 Å². The van der Waals surface area contributed by atoms with Crippen LogP contribution in [0.25, 0.3) is 0 Å². The largest absolute Gasteiger partial charge is 0.341 e. The van der Waals surface area contributed by atoms with Crippen molar-refractivity contribution < 1.29 is 4.79 Å². The van der Waals surface area contributed by atoms with Gasteiger partial charge in [-0.25, -0.2) is 9.97 Å². The summed E-state index contributed by atoms with van der Waals surface area (Å²) in [6.07, 6.45) is 6.83. The Morgan fingerprint density at radius 1 is 1.38 bits per heavy atom. The molecule has 86 valence electrons. The van der Waals surface area contributed by atoms with Crippen molar-refractivity contribution in [2.45, 2.75) is 32.6 Å². The summed E-state index contributed by atoms with van der Waals surface area (Å²) in [6, 6.07) is 0. The highest BCUT2D eigenvalue weighted by Crippen LogP contribution is 2.16. The maximum Gasteiger partial charge on any atom is 0.225 e. The number of nitrogens with zero attached hydrogens (tertiary/aromatic N) is 3. The van der Waals surface area contributed by atoms with Crippen molar-refractivity contribution in [3.63, 3.8) is 0 Å². The van der Waals surface area contributed by atoms with E-state index in [1.807, 2.05) is 6.92 Å². The van der Waals surface area contributed by atoms with E-state index in [0.717, 1.165) is 36.6 Å². The van der Waals surface area contributed by atoms with Gasteiger partial charge in [-0.3, -0.25) is 0 Å². The fourth-order valence-electron chi connectivity index (χ4n) is 2.02. The zero-order valence-electron chi connectivity index (χ0n) is 9.65. The minimum atomic E-state index is 0.409. The highest BCUT2D eigenvalue weighted by atomic mass is 16.1. The summed E-state index contributed by atoms with van der Waals surface area (Å²) in [5, 5.41) is 0. The molecule has 1 aromatic rings. The van der Waals surface area contributed by atoms with E-state index in [9.17, 15) is 4.79 Å². The van der Waals surface area contributed by atoms with Crippen LogP contribution < -0.4 is 4.90 Å². The van der Waals surface area contributed by atoms with Gasteiger partial charge in [0.1, 0.15) is 6.29 Å². The van der Waals surface area contributed by atoms with Gasteiger partial charge in [0.15, 0.2) is 0 Å². The van der Waals surface area contributed by atoms with Gasteiger partial charge in [0.25, 0.3) is 0 Å². The standard InChI is InChI=1S/C12H17N3O/c1-10-11(5-8-16)9-13-12(14-10)15-6-3-2-4-7-15/h8-9H,2-7H2,1H3. The van der Waals surface area contributed by atoms with E-state index in [4.69, 9.17) is 0 Å². The lowest BCUT2D eigenvalue weighted by molar-refractivity contribution is -0.107. The highest BCUT2D eigenvalue weighted by Gasteiger charge is 2.14. The average molecular weight is 219 g/mol. The molecule has 0 spiro atoms. The Balaban J connectivity index is 2.16. The number of carbonyl (C=O) groups is 1. The molecule has 4 heteroatoms. The molecule has 1 aliphatic rings. The average Bonchev–Trinajstić information content (AvgIpc) is 2.33. The van der Waals surface area contributed by atoms with Crippen molar-refractivity contribution in [3.05, 3.63) is 17.5 Å². The fourth-order valence-corrected chi connectivity index (χ4v) is 2.02. The predicted molar refractivity (Wildman–Crippen MR) is 62.6 cm³/mol. The number of aromatic nitrogens is 2. The second-order valence-corrected chi connectivity index (χ2v) is 4.20. The molecule has 0 N–H and O–H groups in total. The lowest BCUT2D eigenvalue weighted by atomic mass is 10.1. The minimum Gasteiger partial charge on any atom is -0.341 e. The number of aryl methyl sites for hydroxylation is 1. The molecule has 0 aromatic carbocycles. The van der Waals surface area contributed by atoms with Gasteiger partial charge in [-0.1, -0.05) is 0 Å². The molecule has 0 bridgehead atoms. The fraction of sp³-hybridized carbons (Fsp3) is 0.583. The Morgan fingerprint density at radius 2 is 2.12 bits per heavy atom. The molecule has 2 rings (SSSR count). The smallest absolute Gasteiger partial charge is 0.225 e. The van der Waals surface area contributed by atoms with Crippen LogP contribution in [0.4, 0.5) is 5.95 Å². The molecule has 0 radical (unpaired) electrons. The van der Waals surface area contributed by atoms with Crippen LogP contribution in [0, 0.1) is 6.92 Å². The number of anilines is 1. The highest BCUT2D eigenvalue weighted by molar-refractivity contribution is 5.55. The number of carbonyl (C=O) groups excluding carboxylic acids is 1. The first-order chi connectivity index (χ1) is 7.81. The zero-order chi connectivity index (χ0) is 11.4. The van der Waals surface area contributed by atoms with Crippen LogP contribution in [-0.4, -0.2) is 29.3 Å². The summed E-state index contributed by atoms with van der Waals surface area (Å²) in [6.45, 7) is 4.03. The molecule has 0 saturated carbocycles. The lowest BCUT2D eigenvalue weighted by Gasteiger charge is -2.26. The molecule has 1 aromatic heterocycles. The molecular weight excluding hydrogens is 202 g/mol. The van der Waals surface area contributed by atoms with Gasteiger partial charge >= 0.3 is 0 Å². The Bertz CT molecular complexity index is 373. The van der Waals surface area contributed by atoms with Gasteiger partial charge in [0.2, 0.25) is 5.95 Å². The summed E-state index contributed by atoms with van der Waals surface area (Å²) in [5.74, 6) is 0.812. The third-order valence-corrected chi connectivity index (χ3v) is 3.01. The van der Waals surface area contributed by atoms with Crippen molar-refractivity contribution in [3.8, 4) is 0 Å². The third-order valence-electron chi connectivity index (χ3n) is 3.01. The molecule has 1 aliphatic heterocycles. The second kappa shape index (κ2) is 5.05. The summed E-state index contributed by atoms with van der Waals surface area (Å²) in [7, 11) is 0. The Hall–Kier alpha value is -1.45. The summed E-state index contributed by atoms with van der Waals surface area (Å²) >= 11 is 0. The first-order valence-electron chi connectivity index (χ1n) is 5.82. The van der Waals surface area contributed by atoms with Crippen molar-refractivity contribution in [1.82, 2.24) is 9.97 Å². The van der Waals surface area contributed by atoms with Crippen LogP contribution in [-0.2, 0) is 11.2 Å². The van der Waals surface area contributed by atoms with Crippen LogP contribution in [0.1, 0.15) is 30.5 Å². The molecule has 2 heterocycles. The molecule has 4 nitrogen and oxygen atoms in total. The SMILES string of the molecule is Cc1nc(N2CCCCC2)ncc1CC=O. The van der Waals surface area contributed by atoms with Crippen LogP contribution in [0.2, 0.25) is 0 Å². The van der Waals surface area contributed by atoms with E-state index in [1.54, 1.807) is 6.20 Å². The molecule has 0 aliphatic carbocycles. The quantitative estimate of drug-likeness (QED) is 0.723. The van der Waals surface area contributed by atoms with E-state index in [0.29, 0.717) is 6.42 Å². The number of rotatable bonds is 3. The lowest BCUT2D eigenvalue weighted by Crippen LogP contribution is -2.31. The van der Waals surface area contributed by atoms with Gasteiger partial charge in [-0.05, 0) is 31.7 Å². The molecule has 0 unspecified atom stereocenters. The van der Waals surface area contributed by atoms with E-state index in [1.165, 1.54) is 19.3 Å². The van der Waals surface area contributed by atoms with Crippen LogP contribution >= 0.6 is 0 Å². The molecule has 16 heavy (non-hydrogen) atoms.